The van der Waals surface area contributed by atoms with E-state index in [-0.39, 0.29) is 33.8 Å². The van der Waals surface area contributed by atoms with Crippen LogP contribution in [0.2, 0.25) is 0 Å². The molecule has 0 aliphatic heterocycles. The van der Waals surface area contributed by atoms with Crippen molar-refractivity contribution in [1.82, 2.24) is 0 Å². The summed E-state index contributed by atoms with van der Waals surface area (Å²) in [6, 6.07) is 4.77. The fourth-order valence-electron chi connectivity index (χ4n) is 1.73. The van der Waals surface area contributed by atoms with Gasteiger partial charge in [-0.1, -0.05) is 25.5 Å². The molecule has 0 unspecified atom stereocenters. The highest BCUT2D eigenvalue weighted by Crippen LogP contribution is 2.21. The molecule has 0 spiro atoms. The summed E-state index contributed by atoms with van der Waals surface area (Å²) in [5.41, 5.74) is 1.04. The van der Waals surface area contributed by atoms with E-state index >= 15 is 0 Å². The van der Waals surface area contributed by atoms with Crippen LogP contribution < -0.4 is 0 Å². The quantitative estimate of drug-likeness (QED) is 0.618. The van der Waals surface area contributed by atoms with Crippen LogP contribution in [0.3, 0.4) is 0 Å². The van der Waals surface area contributed by atoms with Crippen molar-refractivity contribution in [2.45, 2.75) is 25.7 Å². The first-order valence-electron chi connectivity index (χ1n) is 5.70. The van der Waals surface area contributed by atoms with E-state index in [1.807, 2.05) is 20.8 Å². The molecule has 0 radical (unpaired) electrons. The van der Waals surface area contributed by atoms with Crippen molar-refractivity contribution in [2.75, 3.05) is 11.6 Å². The van der Waals surface area contributed by atoms with Gasteiger partial charge in [0.2, 0.25) is 0 Å². The van der Waals surface area contributed by atoms with E-state index in [0.717, 1.165) is 5.56 Å². The van der Waals surface area contributed by atoms with E-state index in [2.05, 4.69) is 0 Å². The van der Waals surface area contributed by atoms with E-state index in [1.165, 1.54) is 6.07 Å². The summed E-state index contributed by atoms with van der Waals surface area (Å²) in [7, 11) is -3.44. The Kier molecular flexibility index (Phi) is 4.93. The van der Waals surface area contributed by atoms with Gasteiger partial charge in [0, 0.05) is 5.56 Å². The number of ketones is 1. The number of rotatable bonds is 5. The van der Waals surface area contributed by atoms with Gasteiger partial charge in [-0.3, -0.25) is 4.79 Å². The first-order valence-corrected chi connectivity index (χ1v) is 7.89. The van der Waals surface area contributed by atoms with Gasteiger partial charge in [0.1, 0.15) is 0 Å². The minimum atomic E-state index is -3.44. The standard InChI is InChI=1S/C13H17ClO3S/c1-9(2)8-18(16,17)13-5-4-10(3)6-11(13)12(15)7-14/h4-6,9H,7-8H2,1-3H3. The minimum absolute atomic E-state index is 0.00950. The van der Waals surface area contributed by atoms with Crippen LogP contribution in [-0.2, 0) is 9.84 Å². The summed E-state index contributed by atoms with van der Waals surface area (Å²) >= 11 is 5.52. The first kappa shape index (κ1) is 15.2. The molecule has 5 heteroatoms. The number of halogens is 1. The number of benzene rings is 1. The SMILES string of the molecule is Cc1ccc(S(=O)(=O)CC(C)C)c(C(=O)CCl)c1. The number of hydrogen-bond acceptors (Lipinski definition) is 3. The number of carbonyl (C=O) groups excluding carboxylic acids is 1. The Labute approximate surface area is 113 Å². The Morgan fingerprint density at radius 2 is 1.94 bits per heavy atom. The third-order valence-corrected chi connectivity index (χ3v) is 4.82. The van der Waals surface area contributed by atoms with Gasteiger partial charge in [0.05, 0.1) is 16.5 Å². The van der Waals surface area contributed by atoms with Gasteiger partial charge in [-0.05, 0) is 25.0 Å². The molecule has 100 valence electrons. The maximum Gasteiger partial charge on any atom is 0.179 e. The molecule has 0 N–H and O–H groups in total. The number of aryl methyl sites for hydroxylation is 1. The van der Waals surface area contributed by atoms with E-state index in [9.17, 15) is 13.2 Å². The Balaban J connectivity index is 3.36. The van der Waals surface area contributed by atoms with Crippen molar-refractivity contribution in [3.05, 3.63) is 29.3 Å². The van der Waals surface area contributed by atoms with Crippen LogP contribution in [0.15, 0.2) is 23.1 Å². The molecular weight excluding hydrogens is 272 g/mol. The summed E-state index contributed by atoms with van der Waals surface area (Å²) < 4.78 is 24.4. The molecule has 0 aromatic heterocycles. The molecule has 1 aromatic rings. The van der Waals surface area contributed by atoms with Gasteiger partial charge in [-0.2, -0.15) is 0 Å². The van der Waals surface area contributed by atoms with Gasteiger partial charge in [0.25, 0.3) is 0 Å². The highest BCUT2D eigenvalue weighted by Gasteiger charge is 2.23. The van der Waals surface area contributed by atoms with Crippen LogP contribution in [0.5, 0.6) is 0 Å². The summed E-state index contributed by atoms with van der Waals surface area (Å²) in [5, 5.41) is 0. The largest absolute Gasteiger partial charge is 0.293 e. The van der Waals surface area contributed by atoms with Crippen molar-refractivity contribution in [2.24, 2.45) is 5.92 Å². The minimum Gasteiger partial charge on any atom is -0.293 e. The second kappa shape index (κ2) is 5.85. The maximum absolute atomic E-state index is 12.2. The zero-order chi connectivity index (χ0) is 13.9. The molecule has 3 nitrogen and oxygen atoms in total. The molecule has 0 aliphatic carbocycles. The predicted octanol–water partition coefficient (Wildman–Crippen LogP) is 2.85. The molecule has 0 saturated carbocycles. The molecule has 18 heavy (non-hydrogen) atoms. The van der Waals surface area contributed by atoms with Crippen molar-refractivity contribution in [1.29, 1.82) is 0 Å². The second-order valence-electron chi connectivity index (χ2n) is 4.73. The summed E-state index contributed by atoms with van der Waals surface area (Å²) in [4.78, 5) is 11.8. The fourth-order valence-corrected chi connectivity index (χ4v) is 3.72. The lowest BCUT2D eigenvalue weighted by atomic mass is 10.1. The van der Waals surface area contributed by atoms with Gasteiger partial charge >= 0.3 is 0 Å². The predicted molar refractivity (Wildman–Crippen MR) is 73.1 cm³/mol. The molecule has 1 rings (SSSR count). The number of carbonyl (C=O) groups is 1. The van der Waals surface area contributed by atoms with Crippen molar-refractivity contribution in [3.63, 3.8) is 0 Å². The smallest absolute Gasteiger partial charge is 0.179 e. The molecule has 1 aromatic carbocycles. The molecular formula is C13H17ClO3S. The number of hydrogen-bond donors (Lipinski definition) is 0. The van der Waals surface area contributed by atoms with Gasteiger partial charge in [0.15, 0.2) is 15.6 Å². The molecule has 0 amide bonds. The number of alkyl halides is 1. The van der Waals surface area contributed by atoms with Crippen LogP contribution in [0.1, 0.15) is 29.8 Å². The topological polar surface area (TPSA) is 51.2 Å². The Morgan fingerprint density at radius 3 is 2.44 bits per heavy atom. The summed E-state index contributed by atoms with van der Waals surface area (Å²) in [6.45, 7) is 5.47. The van der Waals surface area contributed by atoms with Crippen molar-refractivity contribution in [3.8, 4) is 0 Å². The third-order valence-electron chi connectivity index (χ3n) is 2.44. The Morgan fingerprint density at radius 1 is 1.33 bits per heavy atom. The fraction of sp³-hybridized carbons (Fsp3) is 0.462. The lowest BCUT2D eigenvalue weighted by Gasteiger charge is -2.11. The van der Waals surface area contributed by atoms with Crippen molar-refractivity contribution >= 4 is 27.2 Å². The molecule has 0 atom stereocenters. The Bertz CT molecular complexity index is 547. The zero-order valence-corrected chi connectivity index (χ0v) is 12.3. The van der Waals surface area contributed by atoms with Crippen LogP contribution in [-0.4, -0.2) is 25.8 Å². The first-order chi connectivity index (χ1) is 8.27. The lowest BCUT2D eigenvalue weighted by molar-refractivity contribution is 0.101. The number of sulfone groups is 1. The van der Waals surface area contributed by atoms with Crippen LogP contribution in [0.25, 0.3) is 0 Å². The monoisotopic (exact) mass is 288 g/mol. The highest BCUT2D eigenvalue weighted by atomic mass is 35.5. The van der Waals surface area contributed by atoms with Crippen molar-refractivity contribution < 1.29 is 13.2 Å². The summed E-state index contributed by atoms with van der Waals surface area (Å²) in [5.74, 6) is -0.537. The molecule has 0 heterocycles. The van der Waals surface area contributed by atoms with E-state index in [0.29, 0.717) is 0 Å². The highest BCUT2D eigenvalue weighted by molar-refractivity contribution is 7.91. The molecule has 0 aliphatic rings. The Hall–Kier alpha value is -0.870. The number of Topliss-reactive ketones (excluding diaryl/α,β-unsaturated/α-hetero) is 1. The average molecular weight is 289 g/mol. The van der Waals surface area contributed by atoms with Crippen LogP contribution in [0, 0.1) is 12.8 Å². The lowest BCUT2D eigenvalue weighted by Crippen LogP contribution is -2.16. The normalized spacial score (nSPS) is 11.8. The van der Waals surface area contributed by atoms with Crippen LogP contribution >= 0.6 is 11.6 Å². The maximum atomic E-state index is 12.2. The van der Waals surface area contributed by atoms with E-state index in [1.54, 1.807) is 12.1 Å². The van der Waals surface area contributed by atoms with Gasteiger partial charge < -0.3 is 0 Å². The average Bonchev–Trinajstić information content (AvgIpc) is 2.25. The van der Waals surface area contributed by atoms with Gasteiger partial charge in [-0.25, -0.2) is 8.42 Å². The van der Waals surface area contributed by atoms with E-state index < -0.39 is 9.84 Å². The molecule has 0 fully saturated rings. The summed E-state index contributed by atoms with van der Waals surface area (Å²) in [6.07, 6.45) is 0. The van der Waals surface area contributed by atoms with Gasteiger partial charge in [-0.15, -0.1) is 11.6 Å². The zero-order valence-electron chi connectivity index (χ0n) is 10.7. The van der Waals surface area contributed by atoms with Crippen LogP contribution in [0.4, 0.5) is 0 Å². The third kappa shape index (κ3) is 3.56. The second-order valence-corrected chi connectivity index (χ2v) is 7.00. The molecule has 0 saturated heterocycles. The molecule has 0 bridgehead atoms. The van der Waals surface area contributed by atoms with E-state index in [4.69, 9.17) is 11.6 Å².